The second kappa shape index (κ2) is 7.29. The number of hydrogen-bond acceptors (Lipinski definition) is 2. The van der Waals surface area contributed by atoms with Gasteiger partial charge in [-0.25, -0.2) is 0 Å². The van der Waals surface area contributed by atoms with Gasteiger partial charge in [0.15, 0.2) is 0 Å². The van der Waals surface area contributed by atoms with E-state index in [1.54, 1.807) is 0 Å². The monoisotopic (exact) mass is 226 g/mol. The minimum absolute atomic E-state index is 0.765. The summed E-state index contributed by atoms with van der Waals surface area (Å²) in [6.07, 6.45) is 5.35. The van der Waals surface area contributed by atoms with E-state index in [-0.39, 0.29) is 0 Å². The predicted octanol–water partition coefficient (Wildman–Crippen LogP) is 2.89. The van der Waals surface area contributed by atoms with E-state index < -0.39 is 0 Å². The van der Waals surface area contributed by atoms with E-state index in [1.807, 2.05) is 0 Å². The van der Waals surface area contributed by atoms with Crippen LogP contribution in [0.4, 0.5) is 0 Å². The van der Waals surface area contributed by atoms with Crippen molar-refractivity contribution in [1.29, 1.82) is 0 Å². The van der Waals surface area contributed by atoms with E-state index in [4.69, 9.17) is 0 Å². The molecule has 1 aliphatic heterocycles. The number of rotatable bonds is 6. The number of nitrogens with zero attached hydrogens (tertiary/aromatic N) is 1. The summed E-state index contributed by atoms with van der Waals surface area (Å²) < 4.78 is 0. The molecular weight excluding hydrogens is 196 g/mol. The molecule has 0 bridgehead atoms. The second-order valence-electron chi connectivity index (χ2n) is 5.69. The third-order valence-electron chi connectivity index (χ3n) is 3.81. The third kappa shape index (κ3) is 4.84. The van der Waals surface area contributed by atoms with Crippen molar-refractivity contribution in [1.82, 2.24) is 10.2 Å². The fraction of sp³-hybridized carbons (Fsp3) is 1.00. The van der Waals surface area contributed by atoms with Gasteiger partial charge in [0.05, 0.1) is 0 Å². The zero-order valence-corrected chi connectivity index (χ0v) is 11.6. The Morgan fingerprint density at radius 2 is 2.12 bits per heavy atom. The first-order valence-corrected chi connectivity index (χ1v) is 7.11. The molecule has 1 rings (SSSR count). The zero-order valence-electron chi connectivity index (χ0n) is 11.6. The predicted molar refractivity (Wildman–Crippen MR) is 71.8 cm³/mol. The van der Waals surface area contributed by atoms with Crippen molar-refractivity contribution in [2.75, 3.05) is 19.6 Å². The fourth-order valence-electron chi connectivity index (χ4n) is 2.69. The lowest BCUT2D eigenvalue weighted by molar-refractivity contribution is 0.143. The molecule has 1 fully saturated rings. The van der Waals surface area contributed by atoms with Crippen molar-refractivity contribution in [3.8, 4) is 0 Å². The SMILES string of the molecule is CCN1CCC(NCCCC(C)C)CC1C. The quantitative estimate of drug-likeness (QED) is 0.701. The van der Waals surface area contributed by atoms with Gasteiger partial charge in [0.2, 0.25) is 0 Å². The average molecular weight is 226 g/mol. The van der Waals surface area contributed by atoms with Crippen LogP contribution in [0, 0.1) is 5.92 Å². The molecule has 2 atom stereocenters. The molecule has 0 aromatic rings. The maximum Gasteiger partial charge on any atom is 0.00940 e. The van der Waals surface area contributed by atoms with E-state index in [0.717, 1.165) is 18.0 Å². The van der Waals surface area contributed by atoms with Crippen molar-refractivity contribution < 1.29 is 0 Å². The molecule has 1 saturated heterocycles. The molecule has 16 heavy (non-hydrogen) atoms. The molecule has 2 unspecified atom stereocenters. The lowest BCUT2D eigenvalue weighted by Crippen LogP contribution is -2.47. The van der Waals surface area contributed by atoms with Gasteiger partial charge in [0.25, 0.3) is 0 Å². The Kier molecular flexibility index (Phi) is 6.37. The maximum absolute atomic E-state index is 3.73. The van der Waals surface area contributed by atoms with Crippen molar-refractivity contribution in [3.63, 3.8) is 0 Å². The van der Waals surface area contributed by atoms with Gasteiger partial charge in [-0.15, -0.1) is 0 Å². The largest absolute Gasteiger partial charge is 0.314 e. The summed E-state index contributed by atoms with van der Waals surface area (Å²) in [5, 5.41) is 3.73. The van der Waals surface area contributed by atoms with Crippen molar-refractivity contribution in [3.05, 3.63) is 0 Å². The Balaban J connectivity index is 2.10. The molecule has 0 aromatic carbocycles. The van der Waals surface area contributed by atoms with Crippen molar-refractivity contribution in [2.24, 2.45) is 5.92 Å². The van der Waals surface area contributed by atoms with E-state index in [0.29, 0.717) is 0 Å². The first kappa shape index (κ1) is 14.0. The molecule has 2 nitrogen and oxygen atoms in total. The summed E-state index contributed by atoms with van der Waals surface area (Å²) in [6.45, 7) is 12.9. The molecule has 2 heteroatoms. The van der Waals surface area contributed by atoms with Gasteiger partial charge in [-0.3, -0.25) is 0 Å². The normalized spacial score (nSPS) is 27.6. The molecule has 96 valence electrons. The molecule has 0 radical (unpaired) electrons. The molecule has 0 aliphatic carbocycles. The Labute approximate surface area is 102 Å². The van der Waals surface area contributed by atoms with Gasteiger partial charge < -0.3 is 10.2 Å². The van der Waals surface area contributed by atoms with Crippen LogP contribution in [0.3, 0.4) is 0 Å². The topological polar surface area (TPSA) is 15.3 Å². The van der Waals surface area contributed by atoms with Gasteiger partial charge in [-0.05, 0) is 58.2 Å². The maximum atomic E-state index is 3.73. The molecule has 0 saturated carbocycles. The lowest BCUT2D eigenvalue weighted by Gasteiger charge is -2.37. The van der Waals surface area contributed by atoms with Crippen LogP contribution in [-0.4, -0.2) is 36.6 Å². The minimum Gasteiger partial charge on any atom is -0.314 e. The summed E-state index contributed by atoms with van der Waals surface area (Å²) in [5.41, 5.74) is 0. The van der Waals surface area contributed by atoms with Crippen LogP contribution in [0.25, 0.3) is 0 Å². The summed E-state index contributed by atoms with van der Waals surface area (Å²) in [6, 6.07) is 1.53. The van der Waals surface area contributed by atoms with Gasteiger partial charge in [0.1, 0.15) is 0 Å². The van der Waals surface area contributed by atoms with Gasteiger partial charge in [-0.1, -0.05) is 20.8 Å². The zero-order chi connectivity index (χ0) is 12.0. The van der Waals surface area contributed by atoms with Crippen LogP contribution < -0.4 is 5.32 Å². The van der Waals surface area contributed by atoms with Crippen LogP contribution >= 0.6 is 0 Å². The summed E-state index contributed by atoms with van der Waals surface area (Å²) >= 11 is 0. The number of nitrogens with one attached hydrogen (secondary N) is 1. The third-order valence-corrected chi connectivity index (χ3v) is 3.81. The molecule has 1 heterocycles. The number of likely N-dealkylation sites (tertiary alicyclic amines) is 1. The molecule has 1 aliphatic rings. The Morgan fingerprint density at radius 1 is 1.38 bits per heavy atom. The molecule has 1 N–H and O–H groups in total. The Bertz CT molecular complexity index is 180. The van der Waals surface area contributed by atoms with E-state index in [9.17, 15) is 0 Å². The fourth-order valence-corrected chi connectivity index (χ4v) is 2.69. The van der Waals surface area contributed by atoms with Crippen LogP contribution in [0.1, 0.15) is 53.4 Å². The summed E-state index contributed by atoms with van der Waals surface area (Å²) in [5.74, 6) is 0.850. The first-order chi connectivity index (χ1) is 7.63. The first-order valence-electron chi connectivity index (χ1n) is 7.11. The van der Waals surface area contributed by atoms with E-state index >= 15 is 0 Å². The van der Waals surface area contributed by atoms with Crippen LogP contribution in [-0.2, 0) is 0 Å². The average Bonchev–Trinajstić information content (AvgIpc) is 2.24. The van der Waals surface area contributed by atoms with E-state index in [2.05, 4.69) is 37.9 Å². The highest BCUT2D eigenvalue weighted by Crippen LogP contribution is 2.16. The number of hydrogen-bond donors (Lipinski definition) is 1. The highest BCUT2D eigenvalue weighted by atomic mass is 15.2. The molecule has 0 aromatic heterocycles. The van der Waals surface area contributed by atoms with E-state index in [1.165, 1.54) is 45.3 Å². The molecule has 0 spiro atoms. The van der Waals surface area contributed by atoms with Gasteiger partial charge in [-0.2, -0.15) is 0 Å². The smallest absolute Gasteiger partial charge is 0.00940 e. The number of piperidine rings is 1. The Morgan fingerprint density at radius 3 is 2.69 bits per heavy atom. The summed E-state index contributed by atoms with van der Waals surface area (Å²) in [7, 11) is 0. The van der Waals surface area contributed by atoms with Crippen LogP contribution in [0.2, 0.25) is 0 Å². The van der Waals surface area contributed by atoms with Crippen molar-refractivity contribution >= 4 is 0 Å². The van der Waals surface area contributed by atoms with Crippen molar-refractivity contribution in [2.45, 2.75) is 65.5 Å². The van der Waals surface area contributed by atoms with Crippen LogP contribution in [0.5, 0.6) is 0 Å². The molecule has 0 amide bonds. The van der Waals surface area contributed by atoms with Gasteiger partial charge in [0, 0.05) is 12.1 Å². The standard InChI is InChI=1S/C14H30N2/c1-5-16-10-8-14(11-13(16)4)15-9-6-7-12(2)3/h12-15H,5-11H2,1-4H3. The highest BCUT2D eigenvalue weighted by Gasteiger charge is 2.23. The second-order valence-corrected chi connectivity index (χ2v) is 5.69. The lowest BCUT2D eigenvalue weighted by atomic mass is 9.98. The Hall–Kier alpha value is -0.0800. The van der Waals surface area contributed by atoms with Gasteiger partial charge >= 0.3 is 0 Å². The molecular formula is C14H30N2. The summed E-state index contributed by atoms with van der Waals surface area (Å²) in [4.78, 5) is 2.59. The van der Waals surface area contributed by atoms with Crippen LogP contribution in [0.15, 0.2) is 0 Å². The highest BCUT2D eigenvalue weighted by molar-refractivity contribution is 4.82. The minimum atomic E-state index is 0.765.